The summed E-state index contributed by atoms with van der Waals surface area (Å²) in [6, 6.07) is 4.12. The minimum Gasteiger partial charge on any atom is -0.482 e. The lowest BCUT2D eigenvalue weighted by molar-refractivity contribution is -0.121. The largest absolute Gasteiger partial charge is 0.482 e. The average molecular weight is 238 g/mol. The Morgan fingerprint density at radius 1 is 1.53 bits per heavy atom. The molecule has 4 nitrogen and oxygen atoms in total. The number of hydrogen-bond acceptors (Lipinski definition) is 3. The van der Waals surface area contributed by atoms with Crippen molar-refractivity contribution in [3.63, 3.8) is 0 Å². The van der Waals surface area contributed by atoms with Crippen LogP contribution in [0.4, 0.5) is 10.1 Å². The highest BCUT2D eigenvalue weighted by atomic mass is 19.1. The lowest BCUT2D eigenvalue weighted by Gasteiger charge is -2.33. The Morgan fingerprint density at radius 2 is 2.24 bits per heavy atom. The van der Waals surface area contributed by atoms with Crippen molar-refractivity contribution in [2.45, 2.75) is 19.4 Å². The standard InChI is InChI=1S/C12H15FN2O2/c1-12(2,14)7-15-9-5-8(13)3-4-10(9)17-6-11(15)16/h3-5H,6-7,14H2,1-2H3. The number of rotatable bonds is 2. The van der Waals surface area contributed by atoms with E-state index in [4.69, 9.17) is 10.5 Å². The molecule has 2 N–H and O–H groups in total. The van der Waals surface area contributed by atoms with Crippen molar-refractivity contribution < 1.29 is 13.9 Å². The van der Waals surface area contributed by atoms with Crippen LogP contribution in [0.5, 0.6) is 5.75 Å². The lowest BCUT2D eigenvalue weighted by Crippen LogP contribution is -2.50. The molecule has 2 rings (SSSR count). The topological polar surface area (TPSA) is 55.6 Å². The number of carbonyl (C=O) groups is 1. The summed E-state index contributed by atoms with van der Waals surface area (Å²) in [6.07, 6.45) is 0. The highest BCUT2D eigenvalue weighted by molar-refractivity contribution is 5.97. The van der Waals surface area contributed by atoms with Crippen molar-refractivity contribution in [2.24, 2.45) is 5.73 Å². The van der Waals surface area contributed by atoms with Gasteiger partial charge in [-0.05, 0) is 26.0 Å². The number of hydrogen-bond donors (Lipinski definition) is 1. The van der Waals surface area contributed by atoms with Crippen LogP contribution in [0, 0.1) is 5.82 Å². The van der Waals surface area contributed by atoms with Crippen molar-refractivity contribution in [1.82, 2.24) is 0 Å². The molecule has 17 heavy (non-hydrogen) atoms. The van der Waals surface area contributed by atoms with E-state index in [1.165, 1.54) is 23.1 Å². The van der Waals surface area contributed by atoms with Gasteiger partial charge in [-0.2, -0.15) is 0 Å². The molecule has 1 aliphatic heterocycles. The Kier molecular flexibility index (Phi) is 2.79. The Bertz CT molecular complexity index is 454. The van der Waals surface area contributed by atoms with Crippen molar-refractivity contribution >= 4 is 11.6 Å². The van der Waals surface area contributed by atoms with Gasteiger partial charge in [0.05, 0.1) is 5.69 Å². The molecule has 0 radical (unpaired) electrons. The molecule has 1 amide bonds. The Balaban J connectivity index is 2.39. The van der Waals surface area contributed by atoms with Gasteiger partial charge in [0.15, 0.2) is 6.61 Å². The zero-order chi connectivity index (χ0) is 12.6. The lowest BCUT2D eigenvalue weighted by atomic mass is 10.1. The molecular weight excluding hydrogens is 223 g/mol. The van der Waals surface area contributed by atoms with Gasteiger partial charge in [0.1, 0.15) is 11.6 Å². The summed E-state index contributed by atoms with van der Waals surface area (Å²) in [6.45, 7) is 3.92. The third-order valence-corrected chi connectivity index (χ3v) is 2.43. The first-order valence-corrected chi connectivity index (χ1v) is 5.38. The maximum Gasteiger partial charge on any atom is 0.265 e. The van der Waals surface area contributed by atoms with Gasteiger partial charge in [0.2, 0.25) is 0 Å². The van der Waals surface area contributed by atoms with Crippen LogP contribution in [-0.4, -0.2) is 24.6 Å². The minimum absolute atomic E-state index is 0.0330. The van der Waals surface area contributed by atoms with Gasteiger partial charge in [-0.25, -0.2) is 4.39 Å². The molecule has 92 valence electrons. The van der Waals surface area contributed by atoms with Crippen LogP contribution in [0.1, 0.15) is 13.8 Å². The van der Waals surface area contributed by atoms with Gasteiger partial charge in [0, 0.05) is 18.2 Å². The zero-order valence-corrected chi connectivity index (χ0v) is 9.87. The molecule has 1 aromatic carbocycles. The predicted molar refractivity (Wildman–Crippen MR) is 62.5 cm³/mol. The van der Waals surface area contributed by atoms with Crippen LogP contribution in [0.3, 0.4) is 0 Å². The molecule has 0 spiro atoms. The molecule has 5 heteroatoms. The van der Waals surface area contributed by atoms with Crippen LogP contribution >= 0.6 is 0 Å². The molecule has 0 saturated carbocycles. The van der Waals surface area contributed by atoms with Gasteiger partial charge in [-0.1, -0.05) is 0 Å². The molecule has 0 fully saturated rings. The number of nitrogens with zero attached hydrogens (tertiary/aromatic N) is 1. The van der Waals surface area contributed by atoms with Crippen LogP contribution < -0.4 is 15.4 Å². The molecule has 0 aromatic heterocycles. The number of ether oxygens (including phenoxy) is 1. The summed E-state index contributed by atoms with van der Waals surface area (Å²) in [5, 5.41) is 0. The summed E-state index contributed by atoms with van der Waals surface area (Å²) >= 11 is 0. The van der Waals surface area contributed by atoms with Gasteiger partial charge in [-0.15, -0.1) is 0 Å². The van der Waals surface area contributed by atoms with Crippen molar-refractivity contribution in [2.75, 3.05) is 18.1 Å². The minimum atomic E-state index is -0.545. The summed E-state index contributed by atoms with van der Waals surface area (Å²) < 4.78 is 18.4. The highest BCUT2D eigenvalue weighted by Gasteiger charge is 2.29. The number of carbonyl (C=O) groups excluding carboxylic acids is 1. The second-order valence-electron chi connectivity index (χ2n) is 4.87. The fraction of sp³-hybridized carbons (Fsp3) is 0.417. The van der Waals surface area contributed by atoms with E-state index < -0.39 is 11.4 Å². The van der Waals surface area contributed by atoms with Crippen LogP contribution in [0.25, 0.3) is 0 Å². The van der Waals surface area contributed by atoms with E-state index in [2.05, 4.69) is 0 Å². The van der Waals surface area contributed by atoms with Gasteiger partial charge >= 0.3 is 0 Å². The maximum absolute atomic E-state index is 13.2. The third kappa shape index (κ3) is 2.55. The smallest absolute Gasteiger partial charge is 0.265 e. The number of fused-ring (bicyclic) bond motifs is 1. The van der Waals surface area contributed by atoms with E-state index in [1.54, 1.807) is 0 Å². The Labute approximate surface area is 99.2 Å². The first-order valence-electron chi connectivity index (χ1n) is 5.38. The monoisotopic (exact) mass is 238 g/mol. The normalized spacial score (nSPS) is 15.5. The molecule has 0 saturated heterocycles. The van der Waals surface area contributed by atoms with E-state index in [-0.39, 0.29) is 12.5 Å². The van der Waals surface area contributed by atoms with E-state index >= 15 is 0 Å². The van der Waals surface area contributed by atoms with Gasteiger partial charge < -0.3 is 15.4 Å². The molecule has 1 aliphatic rings. The van der Waals surface area contributed by atoms with Crippen molar-refractivity contribution in [3.8, 4) is 5.75 Å². The van der Waals surface area contributed by atoms with E-state index in [0.717, 1.165) is 0 Å². The van der Waals surface area contributed by atoms with Crippen molar-refractivity contribution in [3.05, 3.63) is 24.0 Å². The predicted octanol–water partition coefficient (Wildman–Crippen LogP) is 1.29. The van der Waals surface area contributed by atoms with Crippen LogP contribution in [0.15, 0.2) is 18.2 Å². The number of halogens is 1. The first kappa shape index (κ1) is 11.9. The average Bonchev–Trinajstić information content (AvgIpc) is 2.21. The van der Waals surface area contributed by atoms with E-state index in [9.17, 15) is 9.18 Å². The first-order chi connectivity index (χ1) is 7.87. The second-order valence-corrected chi connectivity index (χ2v) is 4.87. The SMILES string of the molecule is CC(C)(N)CN1C(=O)COc2ccc(F)cc21. The number of anilines is 1. The zero-order valence-electron chi connectivity index (χ0n) is 9.87. The number of nitrogens with two attached hydrogens (primary N) is 1. The summed E-state index contributed by atoms with van der Waals surface area (Å²) in [4.78, 5) is 13.2. The highest BCUT2D eigenvalue weighted by Crippen LogP contribution is 2.33. The van der Waals surface area contributed by atoms with Crippen LogP contribution in [-0.2, 0) is 4.79 Å². The van der Waals surface area contributed by atoms with E-state index in [1.807, 2.05) is 13.8 Å². The second kappa shape index (κ2) is 4.00. The Hall–Kier alpha value is -1.62. The quantitative estimate of drug-likeness (QED) is 0.844. The number of benzene rings is 1. The molecule has 0 unspecified atom stereocenters. The van der Waals surface area contributed by atoms with E-state index in [0.29, 0.717) is 18.0 Å². The Morgan fingerprint density at radius 3 is 2.88 bits per heavy atom. The van der Waals surface area contributed by atoms with Gasteiger partial charge in [0.25, 0.3) is 5.91 Å². The number of amides is 1. The summed E-state index contributed by atoms with van der Waals surface area (Å²) in [7, 11) is 0. The summed E-state index contributed by atoms with van der Waals surface area (Å²) in [5.41, 5.74) is 5.79. The van der Waals surface area contributed by atoms with Gasteiger partial charge in [-0.3, -0.25) is 4.79 Å². The molecule has 0 bridgehead atoms. The molecule has 1 heterocycles. The van der Waals surface area contributed by atoms with Crippen LogP contribution in [0.2, 0.25) is 0 Å². The fourth-order valence-corrected chi connectivity index (χ4v) is 1.76. The molecule has 0 atom stereocenters. The fourth-order valence-electron chi connectivity index (χ4n) is 1.76. The third-order valence-electron chi connectivity index (χ3n) is 2.43. The maximum atomic E-state index is 13.2. The molecular formula is C12H15FN2O2. The summed E-state index contributed by atoms with van der Waals surface area (Å²) in [5.74, 6) is -0.0984. The van der Waals surface area contributed by atoms with Crippen molar-refractivity contribution in [1.29, 1.82) is 0 Å². The molecule has 0 aliphatic carbocycles. The molecule has 1 aromatic rings.